The second-order valence-electron chi connectivity index (χ2n) is 5.80. The third-order valence-corrected chi connectivity index (χ3v) is 4.25. The number of amides is 2. The lowest BCUT2D eigenvalue weighted by Gasteiger charge is -2.32. The highest BCUT2D eigenvalue weighted by Gasteiger charge is 2.20. The Hall–Kier alpha value is -2.60. The first-order valence-corrected chi connectivity index (χ1v) is 7.92. The maximum absolute atomic E-state index is 13.9. The molecule has 1 aliphatic rings. The van der Waals surface area contributed by atoms with E-state index >= 15 is 0 Å². The maximum Gasteiger partial charge on any atom is 0.345 e. The second kappa shape index (κ2) is 6.88. The molecule has 0 aromatic heterocycles. The first-order valence-electron chi connectivity index (χ1n) is 7.92. The molecule has 0 spiro atoms. The van der Waals surface area contributed by atoms with E-state index in [1.807, 2.05) is 12.1 Å². The third-order valence-electron chi connectivity index (χ3n) is 4.25. The van der Waals surface area contributed by atoms with Gasteiger partial charge in [0.2, 0.25) is 0 Å². The van der Waals surface area contributed by atoms with Crippen LogP contribution in [0.5, 0.6) is 0 Å². The lowest BCUT2D eigenvalue weighted by atomic mass is 10.00. The summed E-state index contributed by atoms with van der Waals surface area (Å²) in [5.74, 6) is -0.206. The molecule has 0 aliphatic carbocycles. The van der Waals surface area contributed by atoms with Gasteiger partial charge in [-0.1, -0.05) is 18.2 Å². The summed E-state index contributed by atoms with van der Waals surface area (Å²) in [5.41, 5.74) is 3.13. The normalized spacial score (nSPS) is 13.4. The van der Waals surface area contributed by atoms with Gasteiger partial charge in [-0.2, -0.15) is 5.06 Å². The van der Waals surface area contributed by atoms with Gasteiger partial charge in [-0.25, -0.2) is 9.18 Å². The topological polar surface area (TPSA) is 55.8 Å². The number of fused-ring (bicyclic) bond motifs is 1. The highest BCUT2D eigenvalue weighted by atomic mass is 19.1. The number of hydroxylamine groups is 1. The summed E-state index contributed by atoms with van der Waals surface area (Å²) in [7, 11) is 1.46. The molecule has 1 aliphatic heterocycles. The Morgan fingerprint density at radius 3 is 2.88 bits per heavy atom. The number of nitrogens with one attached hydrogen (secondary N) is 1. The Balaban J connectivity index is 1.86. The predicted molar refractivity (Wildman–Crippen MR) is 90.9 cm³/mol. The van der Waals surface area contributed by atoms with E-state index in [0.717, 1.165) is 30.6 Å². The van der Waals surface area contributed by atoms with E-state index in [2.05, 4.69) is 10.2 Å². The van der Waals surface area contributed by atoms with Crippen molar-refractivity contribution in [2.75, 3.05) is 23.6 Å². The molecule has 2 aromatic rings. The number of anilines is 2. The first kappa shape index (κ1) is 16.3. The van der Waals surface area contributed by atoms with Gasteiger partial charge >= 0.3 is 6.03 Å². The second-order valence-corrected chi connectivity index (χ2v) is 5.80. The average Bonchev–Trinajstić information content (AvgIpc) is 2.62. The summed E-state index contributed by atoms with van der Waals surface area (Å²) in [6, 6.07) is 11.6. The van der Waals surface area contributed by atoms with E-state index in [4.69, 9.17) is 0 Å². The van der Waals surface area contributed by atoms with Crippen molar-refractivity contribution in [3.63, 3.8) is 0 Å². The quantitative estimate of drug-likeness (QED) is 0.671. The van der Waals surface area contributed by atoms with E-state index in [1.54, 1.807) is 24.3 Å². The van der Waals surface area contributed by atoms with Crippen LogP contribution in [0.15, 0.2) is 42.5 Å². The largest absolute Gasteiger partial charge is 0.367 e. The Kier molecular flexibility index (Phi) is 4.66. The minimum Gasteiger partial charge on any atom is -0.367 e. The van der Waals surface area contributed by atoms with Crippen LogP contribution in [0.4, 0.5) is 20.6 Å². The molecule has 0 atom stereocenters. The van der Waals surface area contributed by atoms with Crippen LogP contribution < -0.4 is 15.3 Å². The van der Waals surface area contributed by atoms with Crippen molar-refractivity contribution in [3.05, 3.63) is 59.4 Å². The molecule has 2 amide bonds. The molecule has 0 bridgehead atoms. The Morgan fingerprint density at radius 2 is 2.12 bits per heavy atom. The zero-order valence-electron chi connectivity index (χ0n) is 13.5. The fraction of sp³-hybridized carbons (Fsp3) is 0.278. The van der Waals surface area contributed by atoms with Crippen LogP contribution in [-0.2, 0) is 13.0 Å². The summed E-state index contributed by atoms with van der Waals surface area (Å²) in [6.45, 7) is 1.34. The van der Waals surface area contributed by atoms with Crippen molar-refractivity contribution >= 4 is 17.4 Å². The van der Waals surface area contributed by atoms with Gasteiger partial charge in [0.05, 0.1) is 5.69 Å². The standard InChI is InChI=1S/C18H20FN3O2/c1-20-18(23)22(24)15-8-9-17-13(11-15)6-4-10-21(17)12-14-5-2-3-7-16(14)19/h2-3,5,7-9,11,24H,4,6,10,12H2,1H3,(H,20,23). The van der Waals surface area contributed by atoms with Crippen molar-refractivity contribution in [1.82, 2.24) is 5.32 Å². The molecule has 0 saturated carbocycles. The molecule has 0 unspecified atom stereocenters. The average molecular weight is 329 g/mol. The number of rotatable bonds is 3. The number of hydrogen-bond donors (Lipinski definition) is 2. The van der Waals surface area contributed by atoms with Gasteiger partial charge in [0.1, 0.15) is 5.82 Å². The highest BCUT2D eigenvalue weighted by molar-refractivity contribution is 5.89. The molecule has 6 heteroatoms. The summed E-state index contributed by atoms with van der Waals surface area (Å²) >= 11 is 0. The lowest BCUT2D eigenvalue weighted by Crippen LogP contribution is -2.35. The van der Waals surface area contributed by atoms with E-state index < -0.39 is 6.03 Å². The van der Waals surface area contributed by atoms with Crippen LogP contribution in [0.2, 0.25) is 0 Å². The molecule has 0 fully saturated rings. The fourth-order valence-electron chi connectivity index (χ4n) is 3.01. The number of urea groups is 1. The lowest BCUT2D eigenvalue weighted by molar-refractivity contribution is 0.206. The van der Waals surface area contributed by atoms with Crippen LogP contribution in [0.1, 0.15) is 17.5 Å². The monoisotopic (exact) mass is 329 g/mol. The van der Waals surface area contributed by atoms with Crippen LogP contribution >= 0.6 is 0 Å². The van der Waals surface area contributed by atoms with Crippen LogP contribution in [0.25, 0.3) is 0 Å². The smallest absolute Gasteiger partial charge is 0.345 e. The molecular weight excluding hydrogens is 309 g/mol. The van der Waals surface area contributed by atoms with Crippen LogP contribution in [0.3, 0.4) is 0 Å². The van der Waals surface area contributed by atoms with E-state index in [0.29, 0.717) is 22.9 Å². The van der Waals surface area contributed by atoms with Crippen molar-refractivity contribution in [2.24, 2.45) is 0 Å². The van der Waals surface area contributed by atoms with Gasteiger partial charge in [0.25, 0.3) is 0 Å². The predicted octanol–water partition coefficient (Wildman–Crippen LogP) is 3.31. The van der Waals surface area contributed by atoms with Gasteiger partial charge in [-0.05, 0) is 42.7 Å². The molecule has 5 nitrogen and oxygen atoms in total. The van der Waals surface area contributed by atoms with E-state index in [-0.39, 0.29) is 5.82 Å². The molecule has 24 heavy (non-hydrogen) atoms. The van der Waals surface area contributed by atoms with Crippen molar-refractivity contribution in [2.45, 2.75) is 19.4 Å². The zero-order valence-corrected chi connectivity index (χ0v) is 13.5. The number of carbonyl (C=O) groups is 1. The molecule has 0 saturated heterocycles. The SMILES string of the molecule is CNC(=O)N(O)c1ccc2c(c1)CCCN2Cc1ccccc1F. The minimum atomic E-state index is -0.589. The molecular formula is C18H20FN3O2. The molecule has 0 radical (unpaired) electrons. The summed E-state index contributed by atoms with van der Waals surface area (Å²) in [5, 5.41) is 12.9. The molecule has 2 N–H and O–H groups in total. The zero-order chi connectivity index (χ0) is 17.1. The summed E-state index contributed by atoms with van der Waals surface area (Å²) in [6.07, 6.45) is 1.80. The number of aryl methyl sites for hydroxylation is 1. The third kappa shape index (κ3) is 3.19. The van der Waals surface area contributed by atoms with Crippen LogP contribution in [0, 0.1) is 5.82 Å². The number of benzene rings is 2. The molecule has 1 heterocycles. The Morgan fingerprint density at radius 1 is 1.33 bits per heavy atom. The molecule has 2 aromatic carbocycles. The van der Waals surface area contributed by atoms with Gasteiger partial charge in [0, 0.05) is 31.4 Å². The van der Waals surface area contributed by atoms with Gasteiger partial charge < -0.3 is 10.2 Å². The summed E-state index contributed by atoms with van der Waals surface area (Å²) in [4.78, 5) is 13.7. The number of carbonyl (C=O) groups excluding carboxylic acids is 1. The van der Waals surface area contributed by atoms with Gasteiger partial charge in [-0.15, -0.1) is 0 Å². The number of halogens is 1. The van der Waals surface area contributed by atoms with Gasteiger partial charge in [-0.3, -0.25) is 5.21 Å². The fourth-order valence-corrected chi connectivity index (χ4v) is 3.01. The molecule has 3 rings (SSSR count). The number of hydrogen-bond acceptors (Lipinski definition) is 3. The Bertz CT molecular complexity index is 751. The minimum absolute atomic E-state index is 0.206. The first-order chi connectivity index (χ1) is 11.6. The van der Waals surface area contributed by atoms with Crippen molar-refractivity contribution < 1.29 is 14.4 Å². The highest BCUT2D eigenvalue weighted by Crippen LogP contribution is 2.32. The van der Waals surface area contributed by atoms with E-state index in [9.17, 15) is 14.4 Å². The van der Waals surface area contributed by atoms with Gasteiger partial charge in [0.15, 0.2) is 0 Å². The Labute approximate surface area is 140 Å². The molecule has 126 valence electrons. The maximum atomic E-state index is 13.9. The van der Waals surface area contributed by atoms with Crippen molar-refractivity contribution in [3.8, 4) is 0 Å². The van der Waals surface area contributed by atoms with E-state index in [1.165, 1.54) is 13.1 Å². The van der Waals surface area contributed by atoms with Crippen molar-refractivity contribution in [1.29, 1.82) is 0 Å². The van der Waals surface area contributed by atoms with Crippen LogP contribution in [-0.4, -0.2) is 24.8 Å². The number of nitrogens with zero attached hydrogens (tertiary/aromatic N) is 2. The summed E-state index contributed by atoms with van der Waals surface area (Å²) < 4.78 is 13.9.